The van der Waals surface area contributed by atoms with Gasteiger partial charge in [-0.05, 0) is 24.3 Å². The van der Waals surface area contributed by atoms with E-state index in [4.69, 9.17) is 14.9 Å². The summed E-state index contributed by atoms with van der Waals surface area (Å²) in [6.07, 6.45) is 1.24. The zero-order chi connectivity index (χ0) is 20.4. The second-order valence-corrected chi connectivity index (χ2v) is 5.74. The maximum absolute atomic E-state index is 12.4. The predicted molar refractivity (Wildman–Crippen MR) is 99.2 cm³/mol. The molecule has 0 saturated heterocycles. The van der Waals surface area contributed by atoms with Crippen LogP contribution in [0.2, 0.25) is 0 Å². The van der Waals surface area contributed by atoms with Gasteiger partial charge >= 0.3 is 5.97 Å². The molecule has 0 aliphatic rings. The van der Waals surface area contributed by atoms with Gasteiger partial charge in [0.2, 0.25) is 5.91 Å². The van der Waals surface area contributed by atoms with Gasteiger partial charge in [0.15, 0.2) is 12.4 Å². The van der Waals surface area contributed by atoms with Crippen LogP contribution in [0.15, 0.2) is 53.1 Å². The highest BCUT2D eigenvalue weighted by Gasteiger charge is 2.18. The van der Waals surface area contributed by atoms with Crippen LogP contribution >= 0.6 is 0 Å². The highest BCUT2D eigenvalue weighted by Crippen LogP contribution is 2.14. The van der Waals surface area contributed by atoms with Gasteiger partial charge in [0, 0.05) is 25.2 Å². The fourth-order valence-corrected chi connectivity index (χ4v) is 2.29. The second kappa shape index (κ2) is 10.5. The lowest BCUT2D eigenvalue weighted by Crippen LogP contribution is -2.37. The van der Waals surface area contributed by atoms with Gasteiger partial charge in [0.1, 0.15) is 0 Å². The van der Waals surface area contributed by atoms with E-state index < -0.39 is 30.3 Å². The maximum atomic E-state index is 12.4. The number of amides is 3. The molecule has 0 aliphatic carbocycles. The Morgan fingerprint density at radius 1 is 1.04 bits per heavy atom. The Bertz CT molecular complexity index is 804. The molecule has 1 heterocycles. The first-order valence-corrected chi connectivity index (χ1v) is 8.58. The van der Waals surface area contributed by atoms with Crippen molar-refractivity contribution in [3.63, 3.8) is 0 Å². The van der Waals surface area contributed by atoms with Crippen LogP contribution in [0.3, 0.4) is 0 Å². The summed E-state index contributed by atoms with van der Waals surface area (Å²) in [7, 11) is 0. The van der Waals surface area contributed by atoms with Crippen molar-refractivity contribution in [2.75, 3.05) is 24.6 Å². The van der Waals surface area contributed by atoms with Crippen molar-refractivity contribution in [2.45, 2.75) is 12.8 Å². The molecule has 0 fully saturated rings. The Labute approximate surface area is 161 Å². The first-order valence-electron chi connectivity index (χ1n) is 8.58. The largest absolute Gasteiger partial charge is 0.459 e. The lowest BCUT2D eigenvalue weighted by molar-refractivity contribution is -0.147. The van der Waals surface area contributed by atoms with Crippen LogP contribution in [0.4, 0.5) is 5.69 Å². The van der Waals surface area contributed by atoms with E-state index in [2.05, 4.69) is 5.32 Å². The maximum Gasteiger partial charge on any atom is 0.308 e. The van der Waals surface area contributed by atoms with Crippen LogP contribution < -0.4 is 16.0 Å². The zero-order valence-electron chi connectivity index (χ0n) is 15.1. The number of nitrogens with one attached hydrogen (secondary N) is 1. The van der Waals surface area contributed by atoms with Crippen molar-refractivity contribution in [2.24, 2.45) is 5.73 Å². The SMILES string of the molecule is NC(=O)CCN(C(=O)COC(=O)CCNC(=O)c1ccco1)c1ccccc1. The van der Waals surface area contributed by atoms with E-state index >= 15 is 0 Å². The molecule has 1 aromatic heterocycles. The van der Waals surface area contributed by atoms with Gasteiger partial charge in [0.05, 0.1) is 12.7 Å². The van der Waals surface area contributed by atoms with Crippen molar-refractivity contribution in [3.8, 4) is 0 Å². The lowest BCUT2D eigenvalue weighted by atomic mass is 10.2. The van der Waals surface area contributed by atoms with Gasteiger partial charge in [-0.2, -0.15) is 0 Å². The summed E-state index contributed by atoms with van der Waals surface area (Å²) in [4.78, 5) is 48.3. The van der Waals surface area contributed by atoms with Crippen LogP contribution in [-0.2, 0) is 19.1 Å². The minimum atomic E-state index is -0.643. The summed E-state index contributed by atoms with van der Waals surface area (Å²) in [6, 6.07) is 11.7. The Morgan fingerprint density at radius 2 is 1.79 bits per heavy atom. The summed E-state index contributed by atoms with van der Waals surface area (Å²) in [5.41, 5.74) is 5.72. The number of ether oxygens (including phenoxy) is 1. The molecule has 28 heavy (non-hydrogen) atoms. The Morgan fingerprint density at radius 3 is 2.43 bits per heavy atom. The number of benzene rings is 1. The molecule has 9 nitrogen and oxygen atoms in total. The molecule has 1 aromatic carbocycles. The topological polar surface area (TPSA) is 132 Å². The third-order valence-corrected chi connectivity index (χ3v) is 3.67. The van der Waals surface area contributed by atoms with Crippen LogP contribution in [0.5, 0.6) is 0 Å². The highest BCUT2D eigenvalue weighted by molar-refractivity contribution is 5.96. The molecule has 9 heteroatoms. The fourth-order valence-electron chi connectivity index (χ4n) is 2.29. The van der Waals surface area contributed by atoms with Gasteiger partial charge in [0.25, 0.3) is 11.8 Å². The van der Waals surface area contributed by atoms with E-state index in [0.29, 0.717) is 5.69 Å². The molecule has 0 atom stereocenters. The predicted octanol–water partition coefficient (Wildman–Crippen LogP) is 0.851. The number of hydrogen-bond acceptors (Lipinski definition) is 6. The van der Waals surface area contributed by atoms with Gasteiger partial charge in [-0.3, -0.25) is 19.2 Å². The van der Waals surface area contributed by atoms with Crippen molar-refractivity contribution in [1.29, 1.82) is 0 Å². The molecule has 2 rings (SSSR count). The smallest absolute Gasteiger partial charge is 0.308 e. The van der Waals surface area contributed by atoms with Gasteiger partial charge in [-0.15, -0.1) is 0 Å². The Balaban J connectivity index is 1.79. The number of nitrogens with two attached hydrogens (primary N) is 1. The lowest BCUT2D eigenvalue weighted by Gasteiger charge is -2.22. The number of hydrogen-bond donors (Lipinski definition) is 2. The first-order chi connectivity index (χ1) is 13.5. The second-order valence-electron chi connectivity index (χ2n) is 5.74. The summed E-state index contributed by atoms with van der Waals surface area (Å²) >= 11 is 0. The number of rotatable bonds is 10. The van der Waals surface area contributed by atoms with Gasteiger partial charge in [-0.1, -0.05) is 18.2 Å². The molecule has 0 radical (unpaired) electrons. The van der Waals surface area contributed by atoms with Crippen LogP contribution in [-0.4, -0.2) is 43.4 Å². The summed E-state index contributed by atoms with van der Waals surface area (Å²) in [6.45, 7) is -0.371. The molecule has 148 valence electrons. The number of furan rings is 1. The van der Waals surface area contributed by atoms with E-state index in [1.807, 2.05) is 0 Å². The number of nitrogens with zero attached hydrogens (tertiary/aromatic N) is 1. The normalized spacial score (nSPS) is 10.1. The van der Waals surface area contributed by atoms with Crippen molar-refractivity contribution < 1.29 is 28.3 Å². The molecular formula is C19H21N3O6. The number of carbonyl (C=O) groups excluding carboxylic acids is 4. The zero-order valence-corrected chi connectivity index (χ0v) is 15.1. The molecule has 0 saturated carbocycles. The standard InChI is InChI=1S/C19H21N3O6/c20-16(23)9-11-22(14-5-2-1-3-6-14)17(24)13-28-18(25)8-10-21-19(26)15-7-4-12-27-15/h1-7,12H,8-11,13H2,(H2,20,23)(H,21,26). The summed E-state index contributed by atoms with van der Waals surface area (Å²) in [5.74, 6) is -1.98. The fraction of sp³-hybridized carbons (Fsp3) is 0.263. The highest BCUT2D eigenvalue weighted by atomic mass is 16.5. The molecule has 0 aliphatic heterocycles. The minimum absolute atomic E-state index is 0.0204. The van der Waals surface area contributed by atoms with Gasteiger partial charge < -0.3 is 25.1 Å². The van der Waals surface area contributed by atoms with Crippen LogP contribution in [0.1, 0.15) is 23.4 Å². The third-order valence-electron chi connectivity index (χ3n) is 3.67. The molecule has 3 N–H and O–H groups in total. The number of carbonyl (C=O) groups is 4. The first kappa shape index (κ1) is 20.7. The summed E-state index contributed by atoms with van der Waals surface area (Å²) < 4.78 is 9.89. The quantitative estimate of drug-likeness (QED) is 0.581. The van der Waals surface area contributed by atoms with E-state index in [9.17, 15) is 19.2 Å². The van der Waals surface area contributed by atoms with Crippen molar-refractivity contribution in [1.82, 2.24) is 5.32 Å². The van der Waals surface area contributed by atoms with Gasteiger partial charge in [-0.25, -0.2) is 0 Å². The van der Waals surface area contributed by atoms with Crippen LogP contribution in [0, 0.1) is 0 Å². The van der Waals surface area contributed by atoms with E-state index in [-0.39, 0.29) is 31.7 Å². The van der Waals surface area contributed by atoms with E-state index in [0.717, 1.165) is 0 Å². The Hall–Kier alpha value is -3.62. The average Bonchev–Trinajstić information content (AvgIpc) is 3.22. The number of para-hydroxylation sites is 1. The van der Waals surface area contributed by atoms with E-state index in [1.54, 1.807) is 36.4 Å². The monoisotopic (exact) mass is 387 g/mol. The number of anilines is 1. The molecule has 3 amide bonds. The molecule has 0 bridgehead atoms. The Kier molecular flexibility index (Phi) is 7.77. The molecule has 0 unspecified atom stereocenters. The molecular weight excluding hydrogens is 366 g/mol. The summed E-state index contributed by atoms with van der Waals surface area (Å²) in [5, 5.41) is 2.50. The minimum Gasteiger partial charge on any atom is -0.459 e. The number of esters is 1. The van der Waals surface area contributed by atoms with Crippen LogP contribution in [0.25, 0.3) is 0 Å². The van der Waals surface area contributed by atoms with E-state index in [1.165, 1.54) is 17.2 Å². The molecule has 2 aromatic rings. The number of primary amides is 1. The average molecular weight is 387 g/mol. The van der Waals surface area contributed by atoms with Crippen molar-refractivity contribution in [3.05, 3.63) is 54.5 Å². The third kappa shape index (κ3) is 6.60. The van der Waals surface area contributed by atoms with Crippen molar-refractivity contribution >= 4 is 29.4 Å². The molecule has 0 spiro atoms.